The lowest BCUT2D eigenvalue weighted by Crippen LogP contribution is -2.32. The summed E-state index contributed by atoms with van der Waals surface area (Å²) in [5.41, 5.74) is 1.61. The Morgan fingerprint density at radius 1 is 1.35 bits per heavy atom. The van der Waals surface area contributed by atoms with Gasteiger partial charge in [0.25, 0.3) is 5.91 Å². The van der Waals surface area contributed by atoms with Crippen LogP contribution in [0.1, 0.15) is 18.5 Å². The summed E-state index contributed by atoms with van der Waals surface area (Å²) in [5, 5.41) is 15.4. The number of pyridine rings is 1. The molecule has 0 radical (unpaired) electrons. The quantitative estimate of drug-likeness (QED) is 0.390. The van der Waals surface area contributed by atoms with Crippen LogP contribution in [0.3, 0.4) is 0 Å². The highest BCUT2D eigenvalue weighted by atomic mass is 35.5. The zero-order chi connectivity index (χ0) is 22.3. The average Bonchev–Trinajstić information content (AvgIpc) is 3.35. The molecule has 12 heteroatoms. The molecule has 1 atom stereocenters. The Morgan fingerprint density at radius 2 is 2.13 bits per heavy atom. The van der Waals surface area contributed by atoms with Crippen LogP contribution >= 0.6 is 11.6 Å². The van der Waals surface area contributed by atoms with Crippen LogP contribution in [-0.2, 0) is 9.59 Å². The molecule has 0 spiro atoms. The molecule has 31 heavy (non-hydrogen) atoms. The number of nitrogens with zero attached hydrogens (tertiary/aromatic N) is 3. The molecule has 2 amide bonds. The first-order chi connectivity index (χ1) is 14.8. The highest BCUT2D eigenvalue weighted by Gasteiger charge is 2.27. The van der Waals surface area contributed by atoms with E-state index in [1.165, 1.54) is 17.6 Å². The third-order valence-electron chi connectivity index (χ3n) is 4.78. The van der Waals surface area contributed by atoms with E-state index in [-0.39, 0.29) is 16.1 Å². The largest absolute Gasteiger partial charge is 0.344 e. The molecule has 0 aliphatic rings. The van der Waals surface area contributed by atoms with Crippen molar-refractivity contribution in [1.29, 1.82) is 0 Å². The van der Waals surface area contributed by atoms with Gasteiger partial charge in [-0.2, -0.15) is 19.0 Å². The Kier molecular flexibility index (Phi) is 5.27. The van der Waals surface area contributed by atoms with Crippen LogP contribution in [0.5, 0.6) is 0 Å². The predicted molar refractivity (Wildman–Crippen MR) is 107 cm³/mol. The SMILES string of the molecule is CC(NC(=O)C(F)F)c1c(F)c(Cl)c(-c2ccn3nc(NC=O)cc3c2)c2cn[nH]c12. The van der Waals surface area contributed by atoms with Gasteiger partial charge in [0.05, 0.1) is 28.3 Å². The fourth-order valence-electron chi connectivity index (χ4n) is 3.46. The second-order valence-electron chi connectivity index (χ2n) is 6.68. The van der Waals surface area contributed by atoms with Crippen molar-refractivity contribution in [2.45, 2.75) is 19.4 Å². The Bertz CT molecular complexity index is 1320. The van der Waals surface area contributed by atoms with Crippen molar-refractivity contribution < 1.29 is 22.8 Å². The zero-order valence-electron chi connectivity index (χ0n) is 15.8. The fraction of sp³-hybridized carbons (Fsp3) is 0.158. The van der Waals surface area contributed by atoms with Crippen LogP contribution in [0.2, 0.25) is 5.02 Å². The van der Waals surface area contributed by atoms with E-state index in [9.17, 15) is 18.4 Å². The van der Waals surface area contributed by atoms with Gasteiger partial charge in [0, 0.05) is 28.8 Å². The monoisotopic (exact) mass is 450 g/mol. The van der Waals surface area contributed by atoms with Gasteiger partial charge in [-0.25, -0.2) is 8.91 Å². The molecule has 3 heterocycles. The number of nitrogens with one attached hydrogen (secondary N) is 3. The van der Waals surface area contributed by atoms with E-state index in [2.05, 4.69) is 25.9 Å². The molecule has 4 aromatic rings. The number of aromatic nitrogens is 4. The molecule has 1 unspecified atom stereocenters. The van der Waals surface area contributed by atoms with Crippen LogP contribution in [0.4, 0.5) is 19.0 Å². The predicted octanol–water partition coefficient (Wildman–Crippen LogP) is 3.68. The van der Waals surface area contributed by atoms with Crippen LogP contribution in [0.25, 0.3) is 27.5 Å². The van der Waals surface area contributed by atoms with Crippen molar-refractivity contribution in [3.8, 4) is 11.1 Å². The van der Waals surface area contributed by atoms with Crippen molar-refractivity contribution in [3.05, 3.63) is 47.0 Å². The first-order valence-electron chi connectivity index (χ1n) is 8.94. The smallest absolute Gasteiger partial charge is 0.315 e. The number of hydrogen-bond acceptors (Lipinski definition) is 4. The molecular weight excluding hydrogens is 437 g/mol. The average molecular weight is 451 g/mol. The maximum atomic E-state index is 15.3. The number of halogens is 4. The minimum Gasteiger partial charge on any atom is -0.344 e. The van der Waals surface area contributed by atoms with E-state index < -0.39 is 24.2 Å². The van der Waals surface area contributed by atoms with Gasteiger partial charge in [-0.15, -0.1) is 0 Å². The van der Waals surface area contributed by atoms with Crippen molar-refractivity contribution in [2.75, 3.05) is 5.32 Å². The van der Waals surface area contributed by atoms with Crippen molar-refractivity contribution in [1.82, 2.24) is 25.1 Å². The van der Waals surface area contributed by atoms with Gasteiger partial charge in [0.15, 0.2) is 5.82 Å². The summed E-state index contributed by atoms with van der Waals surface area (Å²) < 4.78 is 42.0. The van der Waals surface area contributed by atoms with Gasteiger partial charge in [-0.05, 0) is 24.6 Å². The Balaban J connectivity index is 1.86. The lowest BCUT2D eigenvalue weighted by molar-refractivity contribution is -0.132. The Morgan fingerprint density at radius 3 is 2.84 bits per heavy atom. The summed E-state index contributed by atoms with van der Waals surface area (Å²) in [6, 6.07) is 3.87. The van der Waals surface area contributed by atoms with E-state index in [0.717, 1.165) is 0 Å². The third kappa shape index (κ3) is 3.56. The third-order valence-corrected chi connectivity index (χ3v) is 5.13. The molecule has 3 N–H and O–H groups in total. The molecule has 0 saturated carbocycles. The molecule has 3 aromatic heterocycles. The number of carbonyl (C=O) groups is 2. The topological polar surface area (TPSA) is 104 Å². The number of amides is 2. The molecule has 8 nitrogen and oxygen atoms in total. The highest BCUT2D eigenvalue weighted by Crippen LogP contribution is 2.41. The molecule has 160 valence electrons. The maximum Gasteiger partial charge on any atom is 0.315 e. The lowest BCUT2D eigenvalue weighted by Gasteiger charge is -2.18. The van der Waals surface area contributed by atoms with Crippen LogP contribution < -0.4 is 10.6 Å². The number of fused-ring (bicyclic) bond motifs is 2. The second-order valence-corrected chi connectivity index (χ2v) is 7.06. The molecule has 0 bridgehead atoms. The van der Waals surface area contributed by atoms with Crippen molar-refractivity contribution >= 4 is 46.2 Å². The van der Waals surface area contributed by atoms with E-state index >= 15 is 4.39 Å². The summed E-state index contributed by atoms with van der Waals surface area (Å²) in [4.78, 5) is 22.0. The second kappa shape index (κ2) is 7.91. The number of aromatic amines is 1. The van der Waals surface area contributed by atoms with E-state index in [1.807, 2.05) is 0 Å². The number of H-pyrrole nitrogens is 1. The minimum atomic E-state index is -3.24. The summed E-state index contributed by atoms with van der Waals surface area (Å²) in [6.07, 6.45) is 0.302. The number of rotatable bonds is 6. The highest BCUT2D eigenvalue weighted by molar-refractivity contribution is 6.35. The molecule has 1 aromatic carbocycles. The number of alkyl halides is 2. The van der Waals surface area contributed by atoms with Gasteiger partial charge in [-0.3, -0.25) is 14.7 Å². The van der Waals surface area contributed by atoms with E-state index in [1.54, 1.807) is 24.4 Å². The molecular formula is C19H14ClF3N6O2. The Hall–Kier alpha value is -3.60. The zero-order valence-corrected chi connectivity index (χ0v) is 16.5. The minimum absolute atomic E-state index is 0.0850. The molecule has 0 aliphatic heterocycles. The van der Waals surface area contributed by atoms with Crippen LogP contribution in [0.15, 0.2) is 30.6 Å². The van der Waals surface area contributed by atoms with E-state index in [0.29, 0.717) is 34.3 Å². The normalized spacial score (nSPS) is 12.5. The number of carbonyl (C=O) groups excluding carboxylic acids is 2. The summed E-state index contributed by atoms with van der Waals surface area (Å²) >= 11 is 6.36. The fourth-order valence-corrected chi connectivity index (χ4v) is 3.77. The molecule has 0 aliphatic carbocycles. The van der Waals surface area contributed by atoms with Gasteiger partial charge < -0.3 is 10.6 Å². The molecule has 0 fully saturated rings. The number of anilines is 1. The van der Waals surface area contributed by atoms with Gasteiger partial charge >= 0.3 is 6.43 Å². The summed E-state index contributed by atoms with van der Waals surface area (Å²) in [7, 11) is 0. The van der Waals surface area contributed by atoms with Crippen LogP contribution in [0, 0.1) is 5.82 Å². The van der Waals surface area contributed by atoms with Gasteiger partial charge in [-0.1, -0.05) is 11.6 Å². The number of hydrogen-bond donors (Lipinski definition) is 3. The van der Waals surface area contributed by atoms with Gasteiger partial charge in [0.1, 0.15) is 5.82 Å². The summed E-state index contributed by atoms with van der Waals surface area (Å²) in [5.74, 6) is -2.06. The first-order valence-corrected chi connectivity index (χ1v) is 9.32. The van der Waals surface area contributed by atoms with Gasteiger partial charge in [0.2, 0.25) is 6.41 Å². The summed E-state index contributed by atoms with van der Waals surface area (Å²) in [6.45, 7) is 1.37. The maximum absolute atomic E-state index is 15.3. The lowest BCUT2D eigenvalue weighted by atomic mass is 9.96. The first kappa shape index (κ1) is 20.7. The standard InChI is InChI=1S/C19H14ClF3N6O2/c1-8(26-19(31)18(22)23)13-16(21)15(20)14(11-6-25-27-17(11)13)9-2-3-29-10(4-9)5-12(28-29)24-7-30/h2-8,18H,1H3,(H,25,27)(H,26,31)(H,24,28,30). The molecule has 0 saturated heterocycles. The van der Waals surface area contributed by atoms with Crippen molar-refractivity contribution in [2.24, 2.45) is 0 Å². The van der Waals surface area contributed by atoms with Crippen molar-refractivity contribution in [3.63, 3.8) is 0 Å². The Labute approximate surface area is 177 Å². The van der Waals surface area contributed by atoms with E-state index in [4.69, 9.17) is 11.6 Å². The van der Waals surface area contributed by atoms with Crippen LogP contribution in [-0.4, -0.2) is 38.6 Å². The molecule has 4 rings (SSSR count). The number of benzene rings is 1.